The third-order valence-electron chi connectivity index (χ3n) is 3.71. The number of carbonyl (C=O) groups is 2. The van der Waals surface area contributed by atoms with Crippen LogP contribution in [-0.2, 0) is 23.8 Å². The molecule has 0 radical (unpaired) electrons. The van der Waals surface area contributed by atoms with Crippen LogP contribution in [0.15, 0.2) is 0 Å². The number of hydrogen-bond donors (Lipinski definition) is 0. The molecule has 0 aromatic carbocycles. The molecule has 0 spiro atoms. The van der Waals surface area contributed by atoms with Crippen LogP contribution in [0.5, 0.6) is 0 Å². The molecule has 0 unspecified atom stereocenters. The summed E-state index contributed by atoms with van der Waals surface area (Å²) in [5, 5.41) is 1.08. The molecule has 132 valence electrons. The van der Waals surface area contributed by atoms with Crippen molar-refractivity contribution in [3.05, 3.63) is 0 Å². The molecule has 8 nitrogen and oxygen atoms in total. The van der Waals surface area contributed by atoms with Crippen LogP contribution in [0.3, 0.4) is 0 Å². The predicted octanol–water partition coefficient (Wildman–Crippen LogP) is 1.15. The van der Waals surface area contributed by atoms with Crippen LogP contribution < -0.4 is 0 Å². The lowest BCUT2D eigenvalue weighted by Crippen LogP contribution is -2.52. The maximum absolute atomic E-state index is 12.6. The Morgan fingerprint density at radius 2 is 1.87 bits per heavy atom. The van der Waals surface area contributed by atoms with Crippen molar-refractivity contribution in [2.45, 2.75) is 64.3 Å². The molecule has 0 aliphatic carbocycles. The predicted molar refractivity (Wildman–Crippen MR) is 80.3 cm³/mol. The van der Waals surface area contributed by atoms with Gasteiger partial charge in [-0.2, -0.15) is 0 Å². The molecule has 3 atom stereocenters. The van der Waals surface area contributed by atoms with Gasteiger partial charge in [0.25, 0.3) is 5.91 Å². The molecule has 0 aromatic rings. The summed E-state index contributed by atoms with van der Waals surface area (Å²) < 4.78 is 17.0. The van der Waals surface area contributed by atoms with Gasteiger partial charge in [0.1, 0.15) is 23.9 Å². The summed E-state index contributed by atoms with van der Waals surface area (Å²) >= 11 is 0. The average Bonchev–Trinajstić information content (AvgIpc) is 2.86. The highest BCUT2D eigenvalue weighted by atomic mass is 16.8. The van der Waals surface area contributed by atoms with E-state index in [4.69, 9.17) is 19.0 Å². The number of carbonyl (C=O) groups excluding carboxylic acids is 2. The van der Waals surface area contributed by atoms with Crippen molar-refractivity contribution in [2.75, 3.05) is 20.7 Å². The Kier molecular flexibility index (Phi) is 4.62. The summed E-state index contributed by atoms with van der Waals surface area (Å²) in [6.07, 6.45) is -1.50. The largest absolute Gasteiger partial charge is 0.444 e. The van der Waals surface area contributed by atoms with Crippen molar-refractivity contribution in [2.24, 2.45) is 0 Å². The normalized spacial score (nSPS) is 29.3. The number of nitrogens with zero attached hydrogens (tertiary/aromatic N) is 2. The zero-order valence-electron chi connectivity index (χ0n) is 14.8. The summed E-state index contributed by atoms with van der Waals surface area (Å²) in [5.41, 5.74) is -0.656. The van der Waals surface area contributed by atoms with E-state index in [1.54, 1.807) is 34.6 Å². The van der Waals surface area contributed by atoms with Gasteiger partial charge in [-0.25, -0.2) is 9.86 Å². The number of ether oxygens (including phenoxy) is 3. The van der Waals surface area contributed by atoms with Crippen LogP contribution in [0.1, 0.15) is 34.6 Å². The summed E-state index contributed by atoms with van der Waals surface area (Å²) in [5.74, 6) is -1.17. The first-order valence-electron chi connectivity index (χ1n) is 7.62. The molecule has 8 heteroatoms. The molecular weight excluding hydrogens is 304 g/mol. The molecule has 2 rings (SSSR count). The number of hydroxylamine groups is 2. The number of hydrogen-bond acceptors (Lipinski definition) is 6. The highest BCUT2D eigenvalue weighted by molar-refractivity contribution is 5.86. The molecule has 2 aliphatic heterocycles. The van der Waals surface area contributed by atoms with Crippen LogP contribution in [0.2, 0.25) is 0 Å². The Bertz CT molecular complexity index is 487. The molecule has 2 saturated heterocycles. The maximum atomic E-state index is 12.6. The topological polar surface area (TPSA) is 77.5 Å². The minimum Gasteiger partial charge on any atom is -0.444 e. The van der Waals surface area contributed by atoms with Crippen LogP contribution in [-0.4, -0.2) is 72.3 Å². The van der Waals surface area contributed by atoms with Gasteiger partial charge in [0.15, 0.2) is 5.79 Å². The Hall–Kier alpha value is -1.38. The molecule has 23 heavy (non-hydrogen) atoms. The first-order chi connectivity index (χ1) is 10.4. The molecule has 0 saturated carbocycles. The van der Waals surface area contributed by atoms with Gasteiger partial charge in [0, 0.05) is 7.05 Å². The van der Waals surface area contributed by atoms with Crippen LogP contribution in [0.4, 0.5) is 4.79 Å². The van der Waals surface area contributed by atoms with Crippen LogP contribution >= 0.6 is 0 Å². The van der Waals surface area contributed by atoms with E-state index in [0.29, 0.717) is 0 Å². The third-order valence-corrected chi connectivity index (χ3v) is 3.71. The van der Waals surface area contributed by atoms with Crippen LogP contribution in [0, 0.1) is 0 Å². The van der Waals surface area contributed by atoms with E-state index in [-0.39, 0.29) is 18.6 Å². The fraction of sp³-hybridized carbons (Fsp3) is 0.867. The average molecular weight is 330 g/mol. The van der Waals surface area contributed by atoms with Gasteiger partial charge in [0.2, 0.25) is 0 Å². The number of amides is 2. The van der Waals surface area contributed by atoms with Gasteiger partial charge in [-0.15, -0.1) is 0 Å². The minimum absolute atomic E-state index is 0.233. The van der Waals surface area contributed by atoms with Crippen molar-refractivity contribution >= 4 is 12.0 Å². The van der Waals surface area contributed by atoms with Gasteiger partial charge in [0.05, 0.1) is 13.7 Å². The van der Waals surface area contributed by atoms with E-state index in [1.807, 2.05) is 0 Å². The fourth-order valence-corrected chi connectivity index (χ4v) is 2.82. The molecule has 0 aromatic heterocycles. The molecule has 0 bridgehead atoms. The molecule has 2 aliphatic rings. The van der Waals surface area contributed by atoms with E-state index >= 15 is 0 Å². The summed E-state index contributed by atoms with van der Waals surface area (Å²) in [6, 6.07) is -0.846. The summed E-state index contributed by atoms with van der Waals surface area (Å²) in [6.45, 7) is 9.12. The fourth-order valence-electron chi connectivity index (χ4n) is 2.82. The highest BCUT2D eigenvalue weighted by Crippen LogP contribution is 2.37. The SMILES string of the molecule is CON(C)C(=O)[C@H]1[C@@H]2OC(C)(C)O[C@@H]2CN1C(=O)OC(C)(C)C. The van der Waals surface area contributed by atoms with E-state index in [2.05, 4.69) is 0 Å². The second-order valence-electron chi connectivity index (χ2n) is 7.23. The molecule has 2 amide bonds. The lowest BCUT2D eigenvalue weighted by molar-refractivity contribution is -0.185. The summed E-state index contributed by atoms with van der Waals surface area (Å²) in [4.78, 5) is 31.4. The van der Waals surface area contributed by atoms with E-state index < -0.39 is 29.6 Å². The number of likely N-dealkylation sites (tertiary alicyclic amines) is 1. The van der Waals surface area contributed by atoms with Gasteiger partial charge in [-0.3, -0.25) is 14.5 Å². The molecule has 0 N–H and O–H groups in total. The first-order valence-corrected chi connectivity index (χ1v) is 7.62. The van der Waals surface area contributed by atoms with Gasteiger partial charge in [-0.1, -0.05) is 0 Å². The monoisotopic (exact) mass is 330 g/mol. The highest BCUT2D eigenvalue weighted by Gasteiger charge is 2.57. The molecular formula is C15H26N2O6. The van der Waals surface area contributed by atoms with Crippen molar-refractivity contribution in [1.29, 1.82) is 0 Å². The minimum atomic E-state index is -0.846. The van der Waals surface area contributed by atoms with Crippen LogP contribution in [0.25, 0.3) is 0 Å². The maximum Gasteiger partial charge on any atom is 0.411 e. The van der Waals surface area contributed by atoms with E-state index in [1.165, 1.54) is 19.1 Å². The van der Waals surface area contributed by atoms with Gasteiger partial charge >= 0.3 is 6.09 Å². The zero-order chi connectivity index (χ0) is 17.6. The number of fused-ring (bicyclic) bond motifs is 1. The van der Waals surface area contributed by atoms with Crippen molar-refractivity contribution in [3.63, 3.8) is 0 Å². The Labute approximate surface area is 136 Å². The Morgan fingerprint density at radius 1 is 1.26 bits per heavy atom. The standard InChI is InChI=1S/C15H26N2O6/c1-14(2,3)23-13(19)17-8-9-11(22-15(4,5)21-9)10(17)12(18)16(6)20-7/h9-11H,8H2,1-7H3/t9-,10-,11-/m1/s1. The Balaban J connectivity index is 2.25. The van der Waals surface area contributed by atoms with Gasteiger partial charge < -0.3 is 14.2 Å². The van der Waals surface area contributed by atoms with Crippen molar-refractivity contribution in [1.82, 2.24) is 9.96 Å². The van der Waals surface area contributed by atoms with E-state index in [9.17, 15) is 9.59 Å². The molecule has 2 heterocycles. The number of rotatable bonds is 2. The Morgan fingerprint density at radius 3 is 2.39 bits per heavy atom. The van der Waals surface area contributed by atoms with Crippen molar-refractivity contribution in [3.8, 4) is 0 Å². The summed E-state index contributed by atoms with van der Waals surface area (Å²) in [7, 11) is 2.88. The zero-order valence-corrected chi connectivity index (χ0v) is 14.8. The number of likely N-dealkylation sites (N-methyl/N-ethyl adjacent to an activating group) is 1. The lowest BCUT2D eigenvalue weighted by Gasteiger charge is -2.32. The third kappa shape index (κ3) is 3.76. The molecule has 2 fully saturated rings. The first kappa shape index (κ1) is 18.0. The smallest absolute Gasteiger partial charge is 0.411 e. The second-order valence-corrected chi connectivity index (χ2v) is 7.23. The van der Waals surface area contributed by atoms with Gasteiger partial charge in [-0.05, 0) is 34.6 Å². The van der Waals surface area contributed by atoms with E-state index in [0.717, 1.165) is 5.06 Å². The quantitative estimate of drug-likeness (QED) is 0.707. The second kappa shape index (κ2) is 5.92. The van der Waals surface area contributed by atoms with Crippen molar-refractivity contribution < 1.29 is 28.6 Å². The lowest BCUT2D eigenvalue weighted by atomic mass is 10.1.